The molecule has 0 aromatic heterocycles. The molecule has 2 aliphatic heterocycles. The van der Waals surface area contributed by atoms with Crippen molar-refractivity contribution in [3.8, 4) is 0 Å². The number of piperidine rings is 1. The lowest BCUT2D eigenvalue weighted by molar-refractivity contribution is -0.139. The summed E-state index contributed by atoms with van der Waals surface area (Å²) in [6.45, 7) is 7.22. The number of urea groups is 1. The quantitative estimate of drug-likeness (QED) is 0.796. The van der Waals surface area contributed by atoms with E-state index in [1.165, 1.54) is 0 Å². The molecule has 0 saturated carbocycles. The van der Waals surface area contributed by atoms with Gasteiger partial charge in [-0.05, 0) is 31.6 Å². The molecule has 0 unspecified atom stereocenters. The second-order valence-corrected chi connectivity index (χ2v) is 6.17. The van der Waals surface area contributed by atoms with Gasteiger partial charge in [0.2, 0.25) is 5.91 Å². The monoisotopic (exact) mass is 295 g/mol. The van der Waals surface area contributed by atoms with Crippen LogP contribution in [0, 0.1) is 5.92 Å². The molecule has 0 radical (unpaired) electrons. The number of carbonyl (C=O) groups excluding carboxylic acids is 3. The van der Waals surface area contributed by atoms with Crippen LogP contribution in [0.4, 0.5) is 4.79 Å². The van der Waals surface area contributed by atoms with Gasteiger partial charge in [0.25, 0.3) is 5.91 Å². The molecule has 2 heterocycles. The summed E-state index contributed by atoms with van der Waals surface area (Å²) in [4.78, 5) is 39.6. The zero-order chi connectivity index (χ0) is 15.6. The molecule has 118 valence electrons. The van der Waals surface area contributed by atoms with Gasteiger partial charge in [0, 0.05) is 13.1 Å². The van der Waals surface area contributed by atoms with E-state index in [-0.39, 0.29) is 18.4 Å². The molecule has 0 atom stereocenters. The van der Waals surface area contributed by atoms with Crippen LogP contribution in [0.25, 0.3) is 0 Å². The lowest BCUT2D eigenvalue weighted by Gasteiger charge is -2.31. The number of nitrogens with zero attached hydrogens (tertiary/aromatic N) is 2. The standard InChI is InChI=1S/C15H25N3O3/c1-4-15(5-2)13(20)18(14(21)16-15)10-12(19)17-8-6-11(3)7-9-17/h11H,4-10H2,1-3H3,(H,16,21). The SMILES string of the molecule is CCC1(CC)NC(=O)N(CC(=O)N2CCC(C)CC2)C1=O. The third-order valence-corrected chi connectivity index (χ3v) is 4.88. The molecule has 0 aromatic rings. The number of likely N-dealkylation sites (tertiary alicyclic amines) is 1. The fourth-order valence-corrected chi connectivity index (χ4v) is 3.04. The zero-order valence-corrected chi connectivity index (χ0v) is 13.1. The number of hydrogen-bond donors (Lipinski definition) is 1. The van der Waals surface area contributed by atoms with E-state index in [1.807, 2.05) is 13.8 Å². The van der Waals surface area contributed by atoms with Gasteiger partial charge in [-0.15, -0.1) is 0 Å². The first-order valence-corrected chi connectivity index (χ1v) is 7.85. The second kappa shape index (κ2) is 6.03. The van der Waals surface area contributed by atoms with Crippen LogP contribution < -0.4 is 5.32 Å². The molecule has 2 rings (SSSR count). The first-order chi connectivity index (χ1) is 9.93. The zero-order valence-electron chi connectivity index (χ0n) is 13.1. The summed E-state index contributed by atoms with van der Waals surface area (Å²) in [5.41, 5.74) is -0.826. The van der Waals surface area contributed by atoms with Crippen molar-refractivity contribution in [3.63, 3.8) is 0 Å². The molecule has 0 bridgehead atoms. The minimum atomic E-state index is -0.826. The van der Waals surface area contributed by atoms with Gasteiger partial charge >= 0.3 is 6.03 Å². The third kappa shape index (κ3) is 2.89. The molecular weight excluding hydrogens is 270 g/mol. The van der Waals surface area contributed by atoms with Gasteiger partial charge in [0.15, 0.2) is 0 Å². The summed E-state index contributed by atoms with van der Waals surface area (Å²) in [7, 11) is 0. The summed E-state index contributed by atoms with van der Waals surface area (Å²) in [6.07, 6.45) is 3.06. The van der Waals surface area contributed by atoms with E-state index in [2.05, 4.69) is 12.2 Å². The van der Waals surface area contributed by atoms with Gasteiger partial charge in [0.05, 0.1) is 0 Å². The van der Waals surface area contributed by atoms with Crippen LogP contribution >= 0.6 is 0 Å². The fraction of sp³-hybridized carbons (Fsp3) is 0.800. The number of nitrogens with one attached hydrogen (secondary N) is 1. The maximum Gasteiger partial charge on any atom is 0.325 e. The van der Waals surface area contributed by atoms with Crippen molar-refractivity contribution in [3.05, 3.63) is 0 Å². The van der Waals surface area contributed by atoms with Crippen molar-refractivity contribution in [1.82, 2.24) is 15.1 Å². The molecule has 6 heteroatoms. The minimum Gasteiger partial charge on any atom is -0.341 e. The highest BCUT2D eigenvalue weighted by atomic mass is 16.2. The van der Waals surface area contributed by atoms with Crippen molar-refractivity contribution in [2.24, 2.45) is 5.92 Å². The smallest absolute Gasteiger partial charge is 0.325 e. The number of carbonyl (C=O) groups is 3. The molecule has 2 fully saturated rings. The largest absolute Gasteiger partial charge is 0.341 e. The van der Waals surface area contributed by atoms with Crippen molar-refractivity contribution in [2.75, 3.05) is 19.6 Å². The van der Waals surface area contributed by atoms with E-state index in [0.717, 1.165) is 30.8 Å². The number of hydrogen-bond acceptors (Lipinski definition) is 3. The predicted molar refractivity (Wildman–Crippen MR) is 78.5 cm³/mol. The Kier molecular flexibility index (Phi) is 4.54. The van der Waals surface area contributed by atoms with Gasteiger partial charge in [-0.1, -0.05) is 20.8 Å². The molecule has 21 heavy (non-hydrogen) atoms. The molecule has 1 N–H and O–H groups in total. The number of imide groups is 1. The molecule has 0 aliphatic carbocycles. The predicted octanol–water partition coefficient (Wildman–Crippen LogP) is 1.36. The second-order valence-electron chi connectivity index (χ2n) is 6.17. The van der Waals surface area contributed by atoms with Crippen molar-refractivity contribution in [2.45, 2.75) is 52.0 Å². The van der Waals surface area contributed by atoms with E-state index in [9.17, 15) is 14.4 Å². The molecule has 0 spiro atoms. The van der Waals surface area contributed by atoms with E-state index < -0.39 is 11.6 Å². The fourth-order valence-electron chi connectivity index (χ4n) is 3.04. The summed E-state index contributed by atoms with van der Waals surface area (Å²) in [5, 5.41) is 2.75. The third-order valence-electron chi connectivity index (χ3n) is 4.88. The Bertz CT molecular complexity index is 437. The van der Waals surface area contributed by atoms with E-state index in [0.29, 0.717) is 18.8 Å². The van der Waals surface area contributed by atoms with E-state index >= 15 is 0 Å². The highest BCUT2D eigenvalue weighted by molar-refractivity contribution is 6.08. The van der Waals surface area contributed by atoms with Crippen molar-refractivity contribution < 1.29 is 14.4 Å². The van der Waals surface area contributed by atoms with Gasteiger partial charge in [-0.25, -0.2) is 4.79 Å². The van der Waals surface area contributed by atoms with Crippen LogP contribution in [0.1, 0.15) is 46.5 Å². The van der Waals surface area contributed by atoms with Crippen LogP contribution in [-0.4, -0.2) is 52.8 Å². The normalized spacial score (nSPS) is 22.6. The summed E-state index contributed by atoms with van der Waals surface area (Å²) < 4.78 is 0. The Balaban J connectivity index is 2.01. The highest BCUT2D eigenvalue weighted by Gasteiger charge is 2.49. The Morgan fingerprint density at radius 1 is 1.24 bits per heavy atom. The van der Waals surface area contributed by atoms with Crippen LogP contribution in [0.15, 0.2) is 0 Å². The maximum absolute atomic E-state index is 12.4. The highest BCUT2D eigenvalue weighted by Crippen LogP contribution is 2.25. The van der Waals surface area contributed by atoms with Crippen LogP contribution in [0.2, 0.25) is 0 Å². The maximum atomic E-state index is 12.4. The Labute approximate surface area is 125 Å². The average molecular weight is 295 g/mol. The van der Waals surface area contributed by atoms with Gasteiger partial charge in [-0.3, -0.25) is 14.5 Å². The summed E-state index contributed by atoms with van der Waals surface area (Å²) in [5.74, 6) is 0.239. The van der Waals surface area contributed by atoms with Crippen LogP contribution in [0.5, 0.6) is 0 Å². The Morgan fingerprint density at radius 2 is 1.81 bits per heavy atom. The lowest BCUT2D eigenvalue weighted by atomic mass is 9.93. The molecule has 2 aliphatic rings. The van der Waals surface area contributed by atoms with Crippen LogP contribution in [0.3, 0.4) is 0 Å². The molecule has 0 aromatic carbocycles. The average Bonchev–Trinajstić information content (AvgIpc) is 2.72. The molecule has 4 amide bonds. The number of rotatable bonds is 4. The van der Waals surface area contributed by atoms with Crippen LogP contribution in [-0.2, 0) is 9.59 Å². The summed E-state index contributed by atoms with van der Waals surface area (Å²) in [6, 6.07) is -0.442. The van der Waals surface area contributed by atoms with Gasteiger partial charge < -0.3 is 10.2 Å². The van der Waals surface area contributed by atoms with Crippen molar-refractivity contribution in [1.29, 1.82) is 0 Å². The van der Waals surface area contributed by atoms with Crippen molar-refractivity contribution >= 4 is 17.8 Å². The van der Waals surface area contributed by atoms with Gasteiger partial charge in [-0.2, -0.15) is 0 Å². The molecular formula is C15H25N3O3. The topological polar surface area (TPSA) is 69.7 Å². The first-order valence-electron chi connectivity index (χ1n) is 7.85. The lowest BCUT2D eigenvalue weighted by Crippen LogP contribution is -2.48. The number of amides is 4. The summed E-state index contributed by atoms with van der Waals surface area (Å²) >= 11 is 0. The molecule has 2 saturated heterocycles. The minimum absolute atomic E-state index is 0.131. The Hall–Kier alpha value is -1.59. The first kappa shape index (κ1) is 15.8. The van der Waals surface area contributed by atoms with E-state index in [4.69, 9.17) is 0 Å². The van der Waals surface area contributed by atoms with E-state index in [1.54, 1.807) is 4.90 Å². The van der Waals surface area contributed by atoms with Gasteiger partial charge in [0.1, 0.15) is 12.1 Å². The molecule has 6 nitrogen and oxygen atoms in total. The Morgan fingerprint density at radius 3 is 2.29 bits per heavy atom.